The Morgan fingerprint density at radius 3 is 1.97 bits per heavy atom. The minimum absolute atomic E-state index is 0.00308. The number of benzene rings is 3. The fraction of sp³-hybridized carbons (Fsp3) is 0.194. The third-order valence-electron chi connectivity index (χ3n) is 6.82. The number of carbonyl (C=O) groups excluding carboxylic acids is 2. The number of rotatable bonds is 7. The van der Waals surface area contributed by atoms with E-state index in [0.29, 0.717) is 37.3 Å². The lowest BCUT2D eigenvalue weighted by molar-refractivity contribution is 0.0382. The van der Waals surface area contributed by atoms with Crippen LogP contribution in [-0.2, 0) is 0 Å². The van der Waals surface area contributed by atoms with Gasteiger partial charge < -0.3 is 10.2 Å². The number of nitrogens with zero attached hydrogens (tertiary/aromatic N) is 3. The number of hydrogen-bond acceptors (Lipinski definition) is 4. The standard InChI is InChI=1S/C31H30N4O2/c36-30(26-15-8-3-9-16-26)33-22-28-23-34(31(37)27-17-10-18-32-21-27)19-20-35(28)29(24-11-4-1-5-12-24)25-13-6-2-7-14-25/h1-18,21,28-29H,19-20,22-23H2,(H,33,36)/t28-/m1/s1. The zero-order valence-electron chi connectivity index (χ0n) is 20.6. The summed E-state index contributed by atoms with van der Waals surface area (Å²) in [7, 11) is 0. The van der Waals surface area contributed by atoms with Gasteiger partial charge in [0.2, 0.25) is 0 Å². The highest BCUT2D eigenvalue weighted by Crippen LogP contribution is 2.32. The number of aromatic nitrogens is 1. The highest BCUT2D eigenvalue weighted by molar-refractivity contribution is 5.94. The molecule has 1 N–H and O–H groups in total. The monoisotopic (exact) mass is 490 g/mol. The zero-order chi connectivity index (χ0) is 25.5. The number of hydrogen-bond donors (Lipinski definition) is 1. The average molecular weight is 491 g/mol. The van der Waals surface area contributed by atoms with Gasteiger partial charge in [-0.15, -0.1) is 0 Å². The lowest BCUT2D eigenvalue weighted by Crippen LogP contribution is -2.59. The van der Waals surface area contributed by atoms with Crippen LogP contribution in [0.2, 0.25) is 0 Å². The molecule has 1 aliphatic rings. The maximum atomic E-state index is 13.3. The lowest BCUT2D eigenvalue weighted by Gasteiger charge is -2.45. The van der Waals surface area contributed by atoms with Crippen LogP contribution in [-0.4, -0.2) is 58.8 Å². The van der Waals surface area contributed by atoms with Gasteiger partial charge in [-0.05, 0) is 35.4 Å². The summed E-state index contributed by atoms with van der Waals surface area (Å²) in [6.45, 7) is 2.18. The molecule has 6 heteroatoms. The second kappa shape index (κ2) is 11.6. The van der Waals surface area contributed by atoms with Gasteiger partial charge in [0.05, 0.1) is 11.6 Å². The quantitative estimate of drug-likeness (QED) is 0.416. The molecule has 0 aliphatic carbocycles. The normalized spacial score (nSPS) is 15.9. The van der Waals surface area contributed by atoms with E-state index in [9.17, 15) is 9.59 Å². The molecule has 0 unspecified atom stereocenters. The first-order valence-electron chi connectivity index (χ1n) is 12.6. The Balaban J connectivity index is 1.44. The van der Waals surface area contributed by atoms with Crippen molar-refractivity contribution in [2.45, 2.75) is 12.1 Å². The van der Waals surface area contributed by atoms with Crippen LogP contribution in [0.1, 0.15) is 37.9 Å². The summed E-state index contributed by atoms with van der Waals surface area (Å²) in [5.74, 6) is -0.157. The van der Waals surface area contributed by atoms with Gasteiger partial charge in [-0.25, -0.2) is 0 Å². The molecule has 1 fully saturated rings. The third kappa shape index (κ3) is 5.76. The Morgan fingerprint density at radius 2 is 1.38 bits per heavy atom. The van der Waals surface area contributed by atoms with Gasteiger partial charge >= 0.3 is 0 Å². The molecule has 1 aromatic heterocycles. The smallest absolute Gasteiger partial charge is 0.255 e. The summed E-state index contributed by atoms with van der Waals surface area (Å²) in [6, 6.07) is 33.5. The molecule has 6 nitrogen and oxygen atoms in total. The van der Waals surface area contributed by atoms with E-state index in [0.717, 1.165) is 0 Å². The summed E-state index contributed by atoms with van der Waals surface area (Å²) < 4.78 is 0. The SMILES string of the molecule is O=C(NC[C@@H]1CN(C(=O)c2cccnc2)CCN1C(c1ccccc1)c1ccccc1)c1ccccc1. The summed E-state index contributed by atoms with van der Waals surface area (Å²) >= 11 is 0. The van der Waals surface area contributed by atoms with Crippen molar-refractivity contribution in [1.82, 2.24) is 20.1 Å². The van der Waals surface area contributed by atoms with Crippen LogP contribution in [0.5, 0.6) is 0 Å². The fourth-order valence-corrected chi connectivity index (χ4v) is 5.00. The Hall–Kier alpha value is -4.29. The van der Waals surface area contributed by atoms with E-state index < -0.39 is 0 Å². The molecule has 1 atom stereocenters. The fourth-order valence-electron chi connectivity index (χ4n) is 5.00. The number of amides is 2. The first-order valence-corrected chi connectivity index (χ1v) is 12.6. The van der Waals surface area contributed by atoms with E-state index in [-0.39, 0.29) is 23.9 Å². The molecule has 2 amide bonds. The predicted molar refractivity (Wildman–Crippen MR) is 144 cm³/mol. The zero-order valence-corrected chi connectivity index (χ0v) is 20.6. The van der Waals surface area contributed by atoms with Crippen LogP contribution in [0.25, 0.3) is 0 Å². The van der Waals surface area contributed by atoms with E-state index in [1.165, 1.54) is 11.1 Å². The molecule has 5 rings (SSSR count). The number of piperazine rings is 1. The van der Waals surface area contributed by atoms with E-state index in [1.54, 1.807) is 24.5 Å². The minimum atomic E-state index is -0.118. The number of pyridine rings is 1. The predicted octanol–water partition coefficient (Wildman–Crippen LogP) is 4.43. The Morgan fingerprint density at radius 1 is 0.784 bits per heavy atom. The molecular weight excluding hydrogens is 460 g/mol. The van der Waals surface area contributed by atoms with E-state index in [2.05, 4.69) is 63.7 Å². The van der Waals surface area contributed by atoms with Crippen LogP contribution in [0.3, 0.4) is 0 Å². The van der Waals surface area contributed by atoms with E-state index >= 15 is 0 Å². The second-order valence-corrected chi connectivity index (χ2v) is 9.18. The highest BCUT2D eigenvalue weighted by atomic mass is 16.2. The number of nitrogens with one attached hydrogen (secondary N) is 1. The molecule has 186 valence electrons. The Kier molecular flexibility index (Phi) is 7.67. The topological polar surface area (TPSA) is 65.5 Å². The Labute approximate surface area is 217 Å². The molecule has 1 saturated heterocycles. The van der Waals surface area contributed by atoms with Crippen molar-refractivity contribution in [3.05, 3.63) is 138 Å². The molecule has 0 radical (unpaired) electrons. The van der Waals surface area contributed by atoms with Crippen molar-refractivity contribution in [3.63, 3.8) is 0 Å². The molecule has 37 heavy (non-hydrogen) atoms. The van der Waals surface area contributed by atoms with Gasteiger partial charge in [0, 0.05) is 50.2 Å². The van der Waals surface area contributed by atoms with E-state index in [1.807, 2.05) is 47.4 Å². The highest BCUT2D eigenvalue weighted by Gasteiger charge is 2.35. The van der Waals surface area contributed by atoms with Gasteiger partial charge in [-0.1, -0.05) is 78.9 Å². The van der Waals surface area contributed by atoms with Crippen molar-refractivity contribution < 1.29 is 9.59 Å². The van der Waals surface area contributed by atoms with Crippen molar-refractivity contribution in [2.75, 3.05) is 26.2 Å². The summed E-state index contributed by atoms with van der Waals surface area (Å²) in [5.41, 5.74) is 3.56. The molecular formula is C31H30N4O2. The average Bonchev–Trinajstić information content (AvgIpc) is 2.98. The molecule has 0 saturated carbocycles. The maximum absolute atomic E-state index is 13.3. The first-order chi connectivity index (χ1) is 18.2. The van der Waals surface area contributed by atoms with E-state index in [4.69, 9.17) is 0 Å². The van der Waals surface area contributed by atoms with Gasteiger partial charge in [0.1, 0.15) is 0 Å². The maximum Gasteiger partial charge on any atom is 0.255 e. The first kappa shape index (κ1) is 24.4. The molecule has 0 bridgehead atoms. The Bertz CT molecular complexity index is 1260. The molecule has 2 heterocycles. The van der Waals surface area contributed by atoms with Crippen molar-refractivity contribution in [3.8, 4) is 0 Å². The van der Waals surface area contributed by atoms with Gasteiger partial charge in [0.25, 0.3) is 11.8 Å². The number of carbonyl (C=O) groups is 2. The third-order valence-corrected chi connectivity index (χ3v) is 6.82. The van der Waals surface area contributed by atoms with Crippen molar-refractivity contribution in [2.24, 2.45) is 0 Å². The molecule has 3 aromatic carbocycles. The van der Waals surface area contributed by atoms with Crippen molar-refractivity contribution in [1.29, 1.82) is 0 Å². The van der Waals surface area contributed by atoms with Gasteiger partial charge in [-0.2, -0.15) is 0 Å². The summed E-state index contributed by atoms with van der Waals surface area (Å²) in [4.78, 5) is 34.6. The largest absolute Gasteiger partial charge is 0.350 e. The molecule has 4 aromatic rings. The van der Waals surface area contributed by atoms with Crippen molar-refractivity contribution >= 4 is 11.8 Å². The van der Waals surface area contributed by atoms with Gasteiger partial charge in [0.15, 0.2) is 0 Å². The lowest BCUT2D eigenvalue weighted by atomic mass is 9.94. The van der Waals surface area contributed by atoms with Crippen LogP contribution < -0.4 is 5.32 Å². The van der Waals surface area contributed by atoms with Crippen LogP contribution >= 0.6 is 0 Å². The summed E-state index contributed by atoms with van der Waals surface area (Å²) in [5, 5.41) is 3.12. The summed E-state index contributed by atoms with van der Waals surface area (Å²) in [6.07, 6.45) is 3.28. The van der Waals surface area contributed by atoms with Crippen LogP contribution in [0, 0.1) is 0 Å². The molecule has 0 spiro atoms. The van der Waals surface area contributed by atoms with Crippen LogP contribution in [0.4, 0.5) is 0 Å². The molecule has 1 aliphatic heterocycles. The van der Waals surface area contributed by atoms with Crippen LogP contribution in [0.15, 0.2) is 116 Å². The minimum Gasteiger partial charge on any atom is -0.350 e. The second-order valence-electron chi connectivity index (χ2n) is 9.18. The van der Waals surface area contributed by atoms with Gasteiger partial charge in [-0.3, -0.25) is 19.5 Å².